The Kier molecular flexibility index (Phi) is 17.2. The molecule has 0 aromatic heterocycles. The lowest BCUT2D eigenvalue weighted by atomic mass is 10.0. The summed E-state index contributed by atoms with van der Waals surface area (Å²) in [6, 6.07) is 9.25. The summed E-state index contributed by atoms with van der Waals surface area (Å²) in [6.45, 7) is 1.79. The minimum atomic E-state index is -1.22. The number of rotatable bonds is 21. The van der Waals surface area contributed by atoms with Gasteiger partial charge < -0.3 is 60.8 Å². The van der Waals surface area contributed by atoms with E-state index < -0.39 is 59.7 Å². The van der Waals surface area contributed by atoms with Gasteiger partial charge in [-0.25, -0.2) is 0 Å². The van der Waals surface area contributed by atoms with E-state index in [1.165, 1.54) is 19.1 Å². The van der Waals surface area contributed by atoms with Crippen LogP contribution >= 0.6 is 0 Å². The molecule has 0 saturated heterocycles. The van der Waals surface area contributed by atoms with Crippen molar-refractivity contribution in [2.45, 2.75) is 75.7 Å². The molecule has 2 aromatic carbocycles. The molecule has 0 bridgehead atoms. The average molecular weight is 711 g/mol. The molecule has 17 N–H and O–H groups in total. The number of hydrogen-bond acceptors (Lipinski definition) is 9. The Morgan fingerprint density at radius 2 is 1.08 bits per heavy atom. The SMILES string of the molecule is C[C@@H](NC(=O)[C@H](Cc1ccccc1)NC(=O)[C@@H](CCCN=C(N)N)NC(=O)[C@H](Cc1ccc(O)cc1)NC(=O)[C@H](N)CCCN=C(N)N)C(N)=O. The van der Waals surface area contributed by atoms with Crippen molar-refractivity contribution in [3.63, 3.8) is 0 Å². The first-order chi connectivity index (χ1) is 24.2. The van der Waals surface area contributed by atoms with Gasteiger partial charge in [-0.05, 0) is 55.9 Å². The third-order valence-corrected chi connectivity index (χ3v) is 7.59. The molecule has 18 nitrogen and oxygen atoms in total. The zero-order valence-electron chi connectivity index (χ0n) is 28.6. The largest absolute Gasteiger partial charge is 0.508 e. The van der Waals surface area contributed by atoms with E-state index in [0.717, 1.165) is 0 Å². The van der Waals surface area contributed by atoms with Crippen LogP contribution in [0.2, 0.25) is 0 Å². The number of carbonyl (C=O) groups is 5. The number of amides is 5. The molecule has 0 aliphatic carbocycles. The number of nitrogens with one attached hydrogen (secondary N) is 4. The number of aliphatic imine (C=N–C) groups is 2. The highest BCUT2D eigenvalue weighted by molar-refractivity contribution is 5.96. The lowest BCUT2D eigenvalue weighted by Gasteiger charge is -2.26. The van der Waals surface area contributed by atoms with E-state index in [2.05, 4.69) is 31.3 Å². The fraction of sp³-hybridized carbons (Fsp3) is 0.424. The molecule has 2 rings (SSSR count). The van der Waals surface area contributed by atoms with Crippen LogP contribution in [0.15, 0.2) is 64.6 Å². The number of carbonyl (C=O) groups excluding carboxylic acids is 5. The Hall–Kier alpha value is -5.91. The van der Waals surface area contributed by atoms with E-state index in [-0.39, 0.29) is 62.9 Å². The smallest absolute Gasteiger partial charge is 0.243 e. The number of phenolic OH excluding ortho intramolecular Hbond substituents is 1. The van der Waals surface area contributed by atoms with Crippen molar-refractivity contribution in [2.75, 3.05) is 13.1 Å². The van der Waals surface area contributed by atoms with Gasteiger partial charge in [-0.3, -0.25) is 34.0 Å². The highest BCUT2D eigenvalue weighted by atomic mass is 16.3. The monoisotopic (exact) mass is 710 g/mol. The number of nitrogens with zero attached hydrogens (tertiary/aromatic N) is 2. The highest BCUT2D eigenvalue weighted by Crippen LogP contribution is 2.13. The Morgan fingerprint density at radius 1 is 0.627 bits per heavy atom. The van der Waals surface area contributed by atoms with E-state index in [4.69, 9.17) is 34.4 Å². The maximum absolute atomic E-state index is 13.9. The molecule has 0 spiro atoms. The number of hydrogen-bond donors (Lipinski definition) is 11. The number of primary amides is 1. The van der Waals surface area contributed by atoms with Crippen LogP contribution in [0.4, 0.5) is 0 Å². The molecule has 278 valence electrons. The quantitative estimate of drug-likeness (QED) is 0.0353. The zero-order chi connectivity index (χ0) is 37.9. The fourth-order valence-electron chi connectivity index (χ4n) is 4.77. The van der Waals surface area contributed by atoms with Gasteiger partial charge in [0, 0.05) is 25.9 Å². The molecule has 0 aliphatic heterocycles. The number of aromatic hydroxyl groups is 1. The van der Waals surface area contributed by atoms with Gasteiger partial charge in [0.2, 0.25) is 29.5 Å². The van der Waals surface area contributed by atoms with E-state index in [0.29, 0.717) is 17.5 Å². The first kappa shape index (κ1) is 41.3. The lowest BCUT2D eigenvalue weighted by molar-refractivity contribution is -0.134. The highest BCUT2D eigenvalue weighted by Gasteiger charge is 2.31. The van der Waals surface area contributed by atoms with Crippen LogP contribution < -0.4 is 55.7 Å². The number of guanidine groups is 2. The van der Waals surface area contributed by atoms with Gasteiger partial charge in [0.1, 0.15) is 29.9 Å². The van der Waals surface area contributed by atoms with Crippen LogP contribution in [0.25, 0.3) is 0 Å². The van der Waals surface area contributed by atoms with Crippen molar-refractivity contribution >= 4 is 41.5 Å². The van der Waals surface area contributed by atoms with Crippen molar-refractivity contribution < 1.29 is 29.1 Å². The maximum Gasteiger partial charge on any atom is 0.243 e. The van der Waals surface area contributed by atoms with Crippen LogP contribution in [0.3, 0.4) is 0 Å². The first-order valence-corrected chi connectivity index (χ1v) is 16.3. The molecule has 5 atom stereocenters. The molecule has 2 aromatic rings. The summed E-state index contributed by atoms with van der Waals surface area (Å²) >= 11 is 0. The zero-order valence-corrected chi connectivity index (χ0v) is 28.6. The second-order valence-electron chi connectivity index (χ2n) is 11.9. The summed E-state index contributed by atoms with van der Waals surface area (Å²) in [6.07, 6.45) is 0.931. The standard InChI is InChI=1S/C33H50N12O6/c1-19(27(35)47)42-30(50)25(17-20-7-3-2-4-8-20)45-29(49)24(10-6-16-41-33(38)39)43-31(51)26(18-21-11-13-22(46)14-12-21)44-28(48)23(34)9-5-15-40-32(36)37/h2-4,7-8,11-14,19,23-26,46H,5-6,9-10,15-18,34H2,1H3,(H2,35,47)(H,42,50)(H,43,51)(H,44,48)(H,45,49)(H4,36,37,40)(H4,38,39,41)/t19-,23-,24-,25+,26+/m1/s1. The second-order valence-corrected chi connectivity index (χ2v) is 11.9. The molecule has 51 heavy (non-hydrogen) atoms. The lowest BCUT2D eigenvalue weighted by Crippen LogP contribution is -2.59. The number of benzene rings is 2. The molecule has 0 fully saturated rings. The summed E-state index contributed by atoms with van der Waals surface area (Å²) in [5, 5.41) is 20.3. The van der Waals surface area contributed by atoms with Gasteiger partial charge in [0.05, 0.1) is 6.04 Å². The van der Waals surface area contributed by atoms with Gasteiger partial charge >= 0.3 is 0 Å². The predicted molar refractivity (Wildman–Crippen MR) is 192 cm³/mol. The minimum absolute atomic E-state index is 0.00316. The normalized spacial score (nSPS) is 13.6. The van der Waals surface area contributed by atoms with E-state index in [1.807, 2.05) is 0 Å². The van der Waals surface area contributed by atoms with Crippen molar-refractivity contribution in [3.05, 3.63) is 65.7 Å². The van der Waals surface area contributed by atoms with Gasteiger partial charge in [-0.15, -0.1) is 0 Å². The van der Waals surface area contributed by atoms with Crippen LogP contribution in [0, 0.1) is 0 Å². The van der Waals surface area contributed by atoms with Gasteiger partial charge in [0.25, 0.3) is 0 Å². The Balaban J connectivity index is 2.35. The molecule has 0 radical (unpaired) electrons. The van der Waals surface area contributed by atoms with E-state index in [1.54, 1.807) is 42.5 Å². The molecule has 0 unspecified atom stereocenters. The summed E-state index contributed by atoms with van der Waals surface area (Å²) < 4.78 is 0. The molecule has 0 aliphatic rings. The fourth-order valence-corrected chi connectivity index (χ4v) is 4.77. The summed E-state index contributed by atoms with van der Waals surface area (Å²) in [4.78, 5) is 73.5. The average Bonchev–Trinajstić information content (AvgIpc) is 3.08. The second kappa shape index (κ2) is 21.2. The molecule has 0 saturated carbocycles. The molecule has 0 heterocycles. The third kappa shape index (κ3) is 15.9. The summed E-state index contributed by atoms with van der Waals surface area (Å²) in [5.74, 6) is -3.76. The Bertz CT molecular complexity index is 1510. The summed E-state index contributed by atoms with van der Waals surface area (Å²) in [7, 11) is 0. The molecule has 18 heteroatoms. The van der Waals surface area contributed by atoms with Gasteiger partial charge in [-0.1, -0.05) is 42.5 Å². The van der Waals surface area contributed by atoms with Crippen LogP contribution in [-0.2, 0) is 36.8 Å². The van der Waals surface area contributed by atoms with Gasteiger partial charge in [-0.2, -0.15) is 0 Å². The van der Waals surface area contributed by atoms with Gasteiger partial charge in [0.15, 0.2) is 11.9 Å². The molecule has 5 amide bonds. The predicted octanol–water partition coefficient (Wildman–Crippen LogP) is -2.94. The molecular weight excluding hydrogens is 660 g/mol. The number of nitrogens with two attached hydrogens (primary N) is 6. The molecular formula is C33H50N12O6. The van der Waals surface area contributed by atoms with Crippen molar-refractivity contribution in [2.24, 2.45) is 44.4 Å². The van der Waals surface area contributed by atoms with Crippen LogP contribution in [0.1, 0.15) is 43.7 Å². The van der Waals surface area contributed by atoms with E-state index in [9.17, 15) is 29.1 Å². The Labute approximate surface area is 296 Å². The number of phenols is 1. The Morgan fingerprint density at radius 3 is 1.61 bits per heavy atom. The van der Waals surface area contributed by atoms with E-state index >= 15 is 0 Å². The first-order valence-electron chi connectivity index (χ1n) is 16.3. The van der Waals surface area contributed by atoms with Crippen LogP contribution in [-0.4, -0.2) is 89.9 Å². The van der Waals surface area contributed by atoms with Crippen LogP contribution in [0.5, 0.6) is 5.75 Å². The van der Waals surface area contributed by atoms with Crippen molar-refractivity contribution in [3.8, 4) is 5.75 Å². The third-order valence-electron chi connectivity index (χ3n) is 7.59. The maximum atomic E-state index is 13.9. The van der Waals surface area contributed by atoms with Crippen molar-refractivity contribution in [1.82, 2.24) is 21.3 Å². The minimum Gasteiger partial charge on any atom is -0.508 e. The summed E-state index contributed by atoms with van der Waals surface area (Å²) in [5.41, 5.74) is 34.3. The van der Waals surface area contributed by atoms with Crippen molar-refractivity contribution in [1.29, 1.82) is 0 Å². The topological polar surface area (TPSA) is 335 Å².